The van der Waals surface area contributed by atoms with Gasteiger partial charge in [-0.1, -0.05) is 11.6 Å². The number of methoxy groups -OCH3 is 3. The molecule has 0 spiro atoms. The van der Waals surface area contributed by atoms with Crippen molar-refractivity contribution in [3.63, 3.8) is 0 Å². The quantitative estimate of drug-likeness (QED) is 0.691. The molecule has 0 unspecified atom stereocenters. The van der Waals surface area contributed by atoms with E-state index in [1.54, 1.807) is 12.1 Å². The number of halogens is 1. The largest absolute Gasteiger partial charge is 0.493 e. The van der Waals surface area contributed by atoms with Gasteiger partial charge in [0.2, 0.25) is 5.75 Å². The third kappa shape index (κ3) is 4.98. The maximum absolute atomic E-state index is 12.4. The molecule has 7 heteroatoms. The topological polar surface area (TPSA) is 66.0 Å². The van der Waals surface area contributed by atoms with Crippen LogP contribution in [0, 0.1) is 13.8 Å². The second kappa shape index (κ2) is 9.37. The molecule has 0 saturated heterocycles. The van der Waals surface area contributed by atoms with Crippen LogP contribution >= 0.6 is 11.6 Å². The van der Waals surface area contributed by atoms with Gasteiger partial charge in [-0.15, -0.1) is 0 Å². The summed E-state index contributed by atoms with van der Waals surface area (Å²) in [6.45, 7) is 4.52. The molecule has 0 aromatic heterocycles. The van der Waals surface area contributed by atoms with E-state index >= 15 is 0 Å². The van der Waals surface area contributed by atoms with E-state index in [9.17, 15) is 4.79 Å². The molecule has 0 aliphatic carbocycles. The van der Waals surface area contributed by atoms with E-state index < -0.39 is 0 Å². The molecular formula is C20H24ClNO5. The van der Waals surface area contributed by atoms with Crippen LogP contribution in [0.3, 0.4) is 0 Å². The summed E-state index contributed by atoms with van der Waals surface area (Å²) in [4.78, 5) is 12.4. The summed E-state index contributed by atoms with van der Waals surface area (Å²) in [5.41, 5.74) is 2.31. The first-order valence-corrected chi connectivity index (χ1v) is 8.76. The highest BCUT2D eigenvalue weighted by molar-refractivity contribution is 6.32. The molecule has 2 aromatic carbocycles. The minimum Gasteiger partial charge on any atom is -0.493 e. The Morgan fingerprint density at radius 3 is 2.00 bits per heavy atom. The van der Waals surface area contributed by atoms with Gasteiger partial charge in [0.15, 0.2) is 11.5 Å². The number of carbonyl (C=O) groups is 1. The lowest BCUT2D eigenvalue weighted by molar-refractivity contribution is 0.0946. The first-order valence-electron chi connectivity index (χ1n) is 8.39. The molecule has 6 nitrogen and oxygen atoms in total. The molecule has 0 saturated carbocycles. The van der Waals surface area contributed by atoms with E-state index in [0.717, 1.165) is 21.9 Å². The van der Waals surface area contributed by atoms with Crippen molar-refractivity contribution < 1.29 is 23.7 Å². The molecule has 0 heterocycles. The van der Waals surface area contributed by atoms with Gasteiger partial charge in [-0.05, 0) is 49.2 Å². The smallest absolute Gasteiger partial charge is 0.251 e. The van der Waals surface area contributed by atoms with Crippen LogP contribution in [-0.2, 0) is 0 Å². The number of rotatable bonds is 8. The Bertz CT molecular complexity index is 774. The fourth-order valence-corrected chi connectivity index (χ4v) is 2.75. The van der Waals surface area contributed by atoms with Crippen LogP contribution in [0.25, 0.3) is 0 Å². The number of aryl methyl sites for hydroxylation is 2. The maximum Gasteiger partial charge on any atom is 0.251 e. The van der Waals surface area contributed by atoms with E-state index in [0.29, 0.717) is 36.0 Å². The normalized spacial score (nSPS) is 10.3. The molecule has 0 bridgehead atoms. The Morgan fingerprint density at radius 2 is 1.52 bits per heavy atom. The van der Waals surface area contributed by atoms with Gasteiger partial charge in [0.05, 0.1) is 27.9 Å². The SMILES string of the molecule is COc1cc(C(=O)NCCOc2cc(C)c(Cl)c(C)c2)cc(OC)c1OC. The standard InChI is InChI=1S/C20H24ClNO5/c1-12-8-15(9-13(2)18(12)21)27-7-6-22-20(23)14-10-16(24-3)19(26-5)17(11-14)25-4/h8-11H,6-7H2,1-5H3,(H,22,23). The van der Waals surface area contributed by atoms with Crippen molar-refractivity contribution in [3.05, 3.63) is 46.0 Å². The first-order chi connectivity index (χ1) is 12.9. The second-order valence-corrected chi connectivity index (χ2v) is 6.27. The van der Waals surface area contributed by atoms with Crippen LogP contribution in [0.4, 0.5) is 0 Å². The van der Waals surface area contributed by atoms with E-state index in [2.05, 4.69) is 5.32 Å². The summed E-state index contributed by atoms with van der Waals surface area (Å²) in [7, 11) is 4.52. The van der Waals surface area contributed by atoms with Crippen molar-refractivity contribution in [2.75, 3.05) is 34.5 Å². The summed E-state index contributed by atoms with van der Waals surface area (Å²) in [6, 6.07) is 6.94. The van der Waals surface area contributed by atoms with Crippen LogP contribution < -0.4 is 24.3 Å². The molecule has 1 amide bonds. The van der Waals surface area contributed by atoms with Crippen molar-refractivity contribution >= 4 is 17.5 Å². The number of nitrogens with one attached hydrogen (secondary N) is 1. The van der Waals surface area contributed by atoms with Gasteiger partial charge < -0.3 is 24.3 Å². The predicted molar refractivity (Wildman–Crippen MR) is 105 cm³/mol. The van der Waals surface area contributed by atoms with Gasteiger partial charge in [0.1, 0.15) is 12.4 Å². The lowest BCUT2D eigenvalue weighted by atomic mass is 10.1. The number of carbonyl (C=O) groups excluding carboxylic acids is 1. The van der Waals surface area contributed by atoms with Gasteiger partial charge >= 0.3 is 0 Å². The molecule has 2 aromatic rings. The summed E-state index contributed by atoms with van der Waals surface area (Å²) in [6.07, 6.45) is 0. The molecule has 0 atom stereocenters. The molecule has 0 fully saturated rings. The number of ether oxygens (including phenoxy) is 4. The number of hydrogen-bond acceptors (Lipinski definition) is 5. The third-order valence-electron chi connectivity index (χ3n) is 3.99. The van der Waals surface area contributed by atoms with Crippen molar-refractivity contribution in [1.29, 1.82) is 0 Å². The van der Waals surface area contributed by atoms with Gasteiger partial charge in [0, 0.05) is 10.6 Å². The fraction of sp³-hybridized carbons (Fsp3) is 0.350. The predicted octanol–water partition coefficient (Wildman–Crippen LogP) is 3.79. The molecule has 146 valence electrons. The van der Waals surface area contributed by atoms with E-state index in [-0.39, 0.29) is 5.91 Å². The molecule has 0 aliphatic rings. The lowest BCUT2D eigenvalue weighted by Crippen LogP contribution is -2.28. The van der Waals surface area contributed by atoms with Gasteiger partial charge in [-0.2, -0.15) is 0 Å². The van der Waals surface area contributed by atoms with Crippen LogP contribution in [0.1, 0.15) is 21.5 Å². The van der Waals surface area contributed by atoms with Gasteiger partial charge in [-0.25, -0.2) is 0 Å². The van der Waals surface area contributed by atoms with E-state index in [1.165, 1.54) is 21.3 Å². The molecule has 1 N–H and O–H groups in total. The molecule has 2 rings (SSSR count). The number of hydrogen-bond donors (Lipinski definition) is 1. The maximum atomic E-state index is 12.4. The third-order valence-corrected chi connectivity index (χ3v) is 4.59. The summed E-state index contributed by atoms with van der Waals surface area (Å²) in [5, 5.41) is 3.54. The van der Waals surface area contributed by atoms with E-state index in [4.69, 9.17) is 30.5 Å². The lowest BCUT2D eigenvalue weighted by Gasteiger charge is -2.14. The zero-order chi connectivity index (χ0) is 20.0. The van der Waals surface area contributed by atoms with Crippen LogP contribution in [0.15, 0.2) is 24.3 Å². The highest BCUT2D eigenvalue weighted by Crippen LogP contribution is 2.38. The monoisotopic (exact) mass is 393 g/mol. The Kier molecular flexibility index (Phi) is 7.19. The first kappa shape index (κ1) is 20.7. The second-order valence-electron chi connectivity index (χ2n) is 5.89. The highest BCUT2D eigenvalue weighted by Gasteiger charge is 2.16. The van der Waals surface area contributed by atoms with Crippen LogP contribution in [-0.4, -0.2) is 40.4 Å². The summed E-state index contributed by atoms with van der Waals surface area (Å²) >= 11 is 6.15. The Balaban J connectivity index is 1.98. The van der Waals surface area contributed by atoms with Crippen LogP contribution in [0.2, 0.25) is 5.02 Å². The summed E-state index contributed by atoms with van der Waals surface area (Å²) in [5.74, 6) is 1.74. The zero-order valence-corrected chi connectivity index (χ0v) is 16.9. The minimum absolute atomic E-state index is 0.263. The zero-order valence-electron chi connectivity index (χ0n) is 16.1. The minimum atomic E-state index is -0.263. The molecular weight excluding hydrogens is 370 g/mol. The van der Waals surface area contributed by atoms with E-state index in [1.807, 2.05) is 26.0 Å². The fourth-order valence-electron chi connectivity index (χ4n) is 2.64. The number of benzene rings is 2. The Hall–Kier alpha value is -2.60. The Labute approximate surface area is 164 Å². The van der Waals surface area contributed by atoms with Gasteiger partial charge in [-0.3, -0.25) is 4.79 Å². The average Bonchev–Trinajstić information content (AvgIpc) is 2.67. The molecule has 0 aliphatic heterocycles. The number of amides is 1. The highest BCUT2D eigenvalue weighted by atomic mass is 35.5. The van der Waals surface area contributed by atoms with Crippen molar-refractivity contribution in [3.8, 4) is 23.0 Å². The van der Waals surface area contributed by atoms with Crippen molar-refractivity contribution in [2.24, 2.45) is 0 Å². The summed E-state index contributed by atoms with van der Waals surface area (Å²) < 4.78 is 21.5. The molecule has 27 heavy (non-hydrogen) atoms. The average molecular weight is 394 g/mol. The van der Waals surface area contributed by atoms with Crippen molar-refractivity contribution in [2.45, 2.75) is 13.8 Å². The van der Waals surface area contributed by atoms with Gasteiger partial charge in [0.25, 0.3) is 5.91 Å². The Morgan fingerprint density at radius 1 is 0.963 bits per heavy atom. The van der Waals surface area contributed by atoms with Crippen LogP contribution in [0.5, 0.6) is 23.0 Å². The molecule has 0 radical (unpaired) electrons. The van der Waals surface area contributed by atoms with Crippen molar-refractivity contribution in [1.82, 2.24) is 5.32 Å².